The van der Waals surface area contributed by atoms with Gasteiger partial charge in [-0.15, -0.1) is 0 Å². The van der Waals surface area contributed by atoms with Crippen molar-refractivity contribution in [2.75, 3.05) is 32.9 Å². The van der Waals surface area contributed by atoms with Gasteiger partial charge in [-0.25, -0.2) is 4.79 Å². The Labute approximate surface area is 116 Å². The highest BCUT2D eigenvalue weighted by Crippen LogP contribution is 2.06. The van der Waals surface area contributed by atoms with E-state index in [0.29, 0.717) is 31.9 Å². The van der Waals surface area contributed by atoms with E-state index in [1.165, 1.54) is 6.07 Å². The maximum atomic E-state index is 11.8. The Bertz CT molecular complexity index is 544. The summed E-state index contributed by atoms with van der Waals surface area (Å²) < 4.78 is 10.1. The van der Waals surface area contributed by atoms with Crippen LogP contribution in [0, 0.1) is 11.3 Å². The van der Waals surface area contributed by atoms with Crippen LogP contribution in [-0.4, -0.2) is 49.7 Å². The van der Waals surface area contributed by atoms with E-state index in [1.807, 2.05) is 6.07 Å². The molecule has 0 bridgehead atoms. The van der Waals surface area contributed by atoms with Crippen molar-refractivity contribution in [1.29, 1.82) is 5.26 Å². The van der Waals surface area contributed by atoms with Crippen molar-refractivity contribution in [2.45, 2.75) is 0 Å². The van der Waals surface area contributed by atoms with Crippen LogP contribution in [0.2, 0.25) is 0 Å². The Morgan fingerprint density at radius 1 is 1.35 bits per heavy atom. The topological polar surface area (TPSA) is 79.6 Å². The minimum absolute atomic E-state index is 0.238. The van der Waals surface area contributed by atoms with Gasteiger partial charge < -0.3 is 14.4 Å². The molecule has 6 heteroatoms. The fourth-order valence-corrected chi connectivity index (χ4v) is 1.83. The number of hydrogen-bond donors (Lipinski definition) is 0. The summed E-state index contributed by atoms with van der Waals surface area (Å²) in [6.07, 6.45) is 0. The molecular formula is C14H14N2O4. The first-order valence-corrected chi connectivity index (χ1v) is 6.23. The standard InChI is InChI=1S/C14H14N2O4/c15-9-11-2-1-3-12(8-11)14(18)20-10-13(17)16-4-6-19-7-5-16/h1-3,8H,4-7,10H2. The summed E-state index contributed by atoms with van der Waals surface area (Å²) in [5.74, 6) is -0.846. The Hall–Kier alpha value is -2.39. The van der Waals surface area contributed by atoms with Gasteiger partial charge in [0.05, 0.1) is 30.4 Å². The molecule has 104 valence electrons. The van der Waals surface area contributed by atoms with Crippen LogP contribution in [0.4, 0.5) is 0 Å². The fourth-order valence-electron chi connectivity index (χ4n) is 1.83. The second-order valence-electron chi connectivity index (χ2n) is 4.26. The molecule has 0 aliphatic carbocycles. The molecule has 1 aromatic rings. The van der Waals surface area contributed by atoms with Gasteiger partial charge in [0.1, 0.15) is 0 Å². The summed E-state index contributed by atoms with van der Waals surface area (Å²) in [4.78, 5) is 25.2. The monoisotopic (exact) mass is 274 g/mol. The molecule has 2 rings (SSSR count). The van der Waals surface area contributed by atoms with Gasteiger partial charge >= 0.3 is 5.97 Å². The largest absolute Gasteiger partial charge is 0.452 e. The molecule has 20 heavy (non-hydrogen) atoms. The molecular weight excluding hydrogens is 260 g/mol. The molecule has 1 fully saturated rings. The number of esters is 1. The van der Waals surface area contributed by atoms with E-state index in [0.717, 1.165) is 0 Å². The number of rotatable bonds is 3. The zero-order valence-electron chi connectivity index (χ0n) is 10.9. The number of carbonyl (C=O) groups is 2. The van der Waals surface area contributed by atoms with Gasteiger partial charge in [-0.1, -0.05) is 6.07 Å². The highest BCUT2D eigenvalue weighted by Gasteiger charge is 2.18. The number of amides is 1. The predicted octanol–water partition coefficient (Wildman–Crippen LogP) is 0.574. The van der Waals surface area contributed by atoms with Gasteiger partial charge in [0.15, 0.2) is 6.61 Å². The minimum atomic E-state index is -0.608. The number of benzene rings is 1. The van der Waals surface area contributed by atoms with Crippen LogP contribution in [0.25, 0.3) is 0 Å². The molecule has 0 radical (unpaired) electrons. The lowest BCUT2D eigenvalue weighted by Crippen LogP contribution is -2.42. The van der Waals surface area contributed by atoms with E-state index < -0.39 is 5.97 Å². The molecule has 1 amide bonds. The van der Waals surface area contributed by atoms with E-state index in [9.17, 15) is 9.59 Å². The zero-order chi connectivity index (χ0) is 14.4. The van der Waals surface area contributed by atoms with Crippen LogP contribution in [0.15, 0.2) is 24.3 Å². The number of carbonyl (C=O) groups excluding carboxylic acids is 2. The molecule has 1 aromatic carbocycles. The van der Waals surface area contributed by atoms with Crippen molar-refractivity contribution in [3.63, 3.8) is 0 Å². The van der Waals surface area contributed by atoms with Crippen molar-refractivity contribution in [3.8, 4) is 6.07 Å². The van der Waals surface area contributed by atoms with Crippen molar-refractivity contribution >= 4 is 11.9 Å². The normalized spacial score (nSPS) is 14.4. The third-order valence-electron chi connectivity index (χ3n) is 2.92. The van der Waals surface area contributed by atoms with Crippen LogP contribution in [0.1, 0.15) is 15.9 Å². The van der Waals surface area contributed by atoms with E-state index in [1.54, 1.807) is 23.1 Å². The highest BCUT2D eigenvalue weighted by atomic mass is 16.5. The molecule has 0 aromatic heterocycles. The van der Waals surface area contributed by atoms with Crippen LogP contribution in [-0.2, 0) is 14.3 Å². The fraction of sp³-hybridized carbons (Fsp3) is 0.357. The number of nitrogens with zero attached hydrogens (tertiary/aromatic N) is 2. The van der Waals surface area contributed by atoms with Gasteiger partial charge in [0, 0.05) is 13.1 Å². The molecule has 6 nitrogen and oxygen atoms in total. The maximum absolute atomic E-state index is 11.8. The molecule has 1 saturated heterocycles. The van der Waals surface area contributed by atoms with Gasteiger partial charge in [0.2, 0.25) is 0 Å². The molecule has 1 aliphatic rings. The van der Waals surface area contributed by atoms with E-state index in [2.05, 4.69) is 0 Å². The molecule has 0 spiro atoms. The summed E-state index contributed by atoms with van der Waals surface area (Å²) in [7, 11) is 0. The summed E-state index contributed by atoms with van der Waals surface area (Å²) in [6.45, 7) is 1.74. The summed E-state index contributed by atoms with van der Waals surface area (Å²) >= 11 is 0. The Balaban J connectivity index is 1.88. The van der Waals surface area contributed by atoms with Crippen LogP contribution >= 0.6 is 0 Å². The summed E-state index contributed by atoms with van der Waals surface area (Å²) in [5.41, 5.74) is 0.637. The van der Waals surface area contributed by atoms with Crippen LogP contribution in [0.5, 0.6) is 0 Å². The van der Waals surface area contributed by atoms with Crippen molar-refractivity contribution < 1.29 is 19.1 Å². The lowest BCUT2D eigenvalue weighted by atomic mass is 10.1. The third kappa shape index (κ3) is 3.56. The van der Waals surface area contributed by atoms with Gasteiger partial charge in [0.25, 0.3) is 5.91 Å². The Kier molecular flexibility index (Phi) is 4.69. The second kappa shape index (κ2) is 6.68. The van der Waals surface area contributed by atoms with Gasteiger partial charge in [-0.05, 0) is 18.2 Å². The lowest BCUT2D eigenvalue weighted by molar-refractivity contribution is -0.138. The number of morpholine rings is 1. The first-order chi connectivity index (χ1) is 9.70. The average Bonchev–Trinajstić information content (AvgIpc) is 2.53. The molecule has 0 atom stereocenters. The van der Waals surface area contributed by atoms with Crippen LogP contribution in [0.3, 0.4) is 0 Å². The molecule has 1 heterocycles. The predicted molar refractivity (Wildman–Crippen MR) is 68.8 cm³/mol. The number of ether oxygens (including phenoxy) is 2. The molecule has 0 unspecified atom stereocenters. The quantitative estimate of drug-likeness (QED) is 0.753. The van der Waals surface area contributed by atoms with Gasteiger partial charge in [-0.2, -0.15) is 5.26 Å². The van der Waals surface area contributed by atoms with Crippen molar-refractivity contribution in [2.24, 2.45) is 0 Å². The van der Waals surface area contributed by atoms with Crippen molar-refractivity contribution in [3.05, 3.63) is 35.4 Å². The van der Waals surface area contributed by atoms with Crippen LogP contribution < -0.4 is 0 Å². The van der Waals surface area contributed by atoms with Crippen molar-refractivity contribution in [1.82, 2.24) is 4.90 Å². The first kappa shape index (κ1) is 14.0. The van der Waals surface area contributed by atoms with E-state index in [4.69, 9.17) is 14.7 Å². The first-order valence-electron chi connectivity index (χ1n) is 6.23. The smallest absolute Gasteiger partial charge is 0.338 e. The van der Waals surface area contributed by atoms with E-state index >= 15 is 0 Å². The number of nitriles is 1. The second-order valence-corrected chi connectivity index (χ2v) is 4.26. The third-order valence-corrected chi connectivity index (χ3v) is 2.92. The molecule has 1 aliphatic heterocycles. The molecule has 0 N–H and O–H groups in total. The SMILES string of the molecule is N#Cc1cccc(C(=O)OCC(=O)N2CCOCC2)c1. The summed E-state index contributed by atoms with van der Waals surface area (Å²) in [6, 6.07) is 8.11. The number of hydrogen-bond acceptors (Lipinski definition) is 5. The lowest BCUT2D eigenvalue weighted by Gasteiger charge is -2.26. The maximum Gasteiger partial charge on any atom is 0.338 e. The Morgan fingerprint density at radius 3 is 2.80 bits per heavy atom. The van der Waals surface area contributed by atoms with E-state index in [-0.39, 0.29) is 18.1 Å². The Morgan fingerprint density at radius 2 is 2.10 bits per heavy atom. The summed E-state index contributed by atoms with van der Waals surface area (Å²) in [5, 5.41) is 8.76. The zero-order valence-corrected chi connectivity index (χ0v) is 10.9. The van der Waals surface area contributed by atoms with Gasteiger partial charge in [-0.3, -0.25) is 4.79 Å². The average molecular weight is 274 g/mol. The molecule has 0 saturated carbocycles. The minimum Gasteiger partial charge on any atom is -0.452 e. The highest BCUT2D eigenvalue weighted by molar-refractivity contribution is 5.91.